The fourth-order valence-electron chi connectivity index (χ4n) is 4.04. The van der Waals surface area contributed by atoms with Crippen molar-refractivity contribution < 1.29 is 4.79 Å². The Hall–Kier alpha value is -1.40. The van der Waals surface area contributed by atoms with Gasteiger partial charge in [0.2, 0.25) is 5.91 Å². The largest absolute Gasteiger partial charge is 0.338 e. The minimum atomic E-state index is 0.244. The molecule has 4 rings (SSSR count). The van der Waals surface area contributed by atoms with Crippen LogP contribution in [0, 0.1) is 0 Å². The second kappa shape index (κ2) is 5.66. The summed E-state index contributed by atoms with van der Waals surface area (Å²) < 4.78 is 2.00. The molecular weight excluding hydrogens is 296 g/mol. The average molecular weight is 318 g/mol. The zero-order chi connectivity index (χ0) is 15.1. The van der Waals surface area contributed by atoms with Gasteiger partial charge in [-0.3, -0.25) is 9.20 Å². The highest BCUT2D eigenvalue weighted by molar-refractivity contribution is 7.15. The first-order valence-electron chi connectivity index (χ1n) is 8.13. The first-order chi connectivity index (χ1) is 10.7. The zero-order valence-corrected chi connectivity index (χ0v) is 13.8. The van der Waals surface area contributed by atoms with Crippen LogP contribution < -0.4 is 0 Å². The Morgan fingerprint density at radius 3 is 2.91 bits per heavy atom. The molecule has 4 heterocycles. The fourth-order valence-corrected chi connectivity index (χ4v) is 4.76. The van der Waals surface area contributed by atoms with Crippen LogP contribution in [-0.4, -0.2) is 57.3 Å². The summed E-state index contributed by atoms with van der Waals surface area (Å²) in [5, 5.41) is 2.01. The molecule has 0 saturated carbocycles. The molecule has 2 aromatic heterocycles. The van der Waals surface area contributed by atoms with Crippen LogP contribution in [0.3, 0.4) is 0 Å². The number of carbonyl (C=O) groups excluding carboxylic acids is 1. The highest BCUT2D eigenvalue weighted by Gasteiger charge is 2.38. The van der Waals surface area contributed by atoms with Gasteiger partial charge in [0, 0.05) is 36.4 Å². The Morgan fingerprint density at radius 1 is 1.32 bits per heavy atom. The number of imidazole rings is 1. The Balaban J connectivity index is 1.47. The van der Waals surface area contributed by atoms with Gasteiger partial charge in [-0.15, -0.1) is 11.3 Å². The van der Waals surface area contributed by atoms with E-state index < -0.39 is 0 Å². The Labute approximate surface area is 134 Å². The van der Waals surface area contributed by atoms with Crippen molar-refractivity contribution in [3.63, 3.8) is 0 Å². The average Bonchev–Trinajstić information content (AvgIpc) is 3.19. The van der Waals surface area contributed by atoms with Crippen LogP contribution in [-0.2, 0) is 11.2 Å². The van der Waals surface area contributed by atoms with Crippen molar-refractivity contribution in [2.75, 3.05) is 20.1 Å². The zero-order valence-electron chi connectivity index (χ0n) is 12.9. The van der Waals surface area contributed by atoms with Crippen molar-refractivity contribution in [2.24, 2.45) is 0 Å². The lowest BCUT2D eigenvalue weighted by atomic mass is 10.0. The molecular formula is C16H22N4OS. The van der Waals surface area contributed by atoms with Gasteiger partial charge in [0.25, 0.3) is 0 Å². The minimum absolute atomic E-state index is 0.244. The van der Waals surface area contributed by atoms with Gasteiger partial charge in [0.05, 0.1) is 12.1 Å². The number of hydrogen-bond donors (Lipinski definition) is 0. The molecule has 1 amide bonds. The first kappa shape index (κ1) is 14.2. The lowest BCUT2D eigenvalue weighted by Gasteiger charge is -2.33. The van der Waals surface area contributed by atoms with E-state index in [1.54, 1.807) is 11.3 Å². The van der Waals surface area contributed by atoms with Crippen LogP contribution in [0.25, 0.3) is 4.96 Å². The summed E-state index contributed by atoms with van der Waals surface area (Å²) in [4.78, 5) is 22.8. The summed E-state index contributed by atoms with van der Waals surface area (Å²) in [6.45, 7) is 2.08. The van der Waals surface area contributed by atoms with E-state index >= 15 is 0 Å². The molecule has 0 unspecified atom stereocenters. The molecule has 2 aromatic rings. The third-order valence-corrected chi connectivity index (χ3v) is 5.89. The molecule has 0 N–H and O–H groups in total. The van der Waals surface area contributed by atoms with E-state index in [1.807, 2.05) is 22.2 Å². The first-order valence-corrected chi connectivity index (χ1v) is 9.01. The number of thiazole rings is 1. The second-order valence-corrected chi connectivity index (χ2v) is 7.36. The van der Waals surface area contributed by atoms with Gasteiger partial charge in [-0.1, -0.05) is 0 Å². The summed E-state index contributed by atoms with van der Waals surface area (Å²) in [6, 6.07) is 0.959. The van der Waals surface area contributed by atoms with E-state index in [0.29, 0.717) is 18.5 Å². The van der Waals surface area contributed by atoms with Crippen LogP contribution in [0.1, 0.15) is 31.4 Å². The number of aromatic nitrogens is 2. The third-order valence-electron chi connectivity index (χ3n) is 5.12. The molecule has 5 nitrogen and oxygen atoms in total. The summed E-state index contributed by atoms with van der Waals surface area (Å²) in [5.41, 5.74) is 0.891. The number of nitrogens with zero attached hydrogens (tertiary/aromatic N) is 4. The SMILES string of the molecule is CN1CCC[C@@H]1[C@@H]1CCCN1C(=O)Cc1cn2ccsc2n1. The smallest absolute Gasteiger partial charge is 0.228 e. The van der Waals surface area contributed by atoms with E-state index in [2.05, 4.69) is 21.8 Å². The van der Waals surface area contributed by atoms with E-state index in [4.69, 9.17) is 0 Å². The maximum absolute atomic E-state index is 12.7. The molecule has 0 radical (unpaired) electrons. The number of fused-ring (bicyclic) bond motifs is 1. The van der Waals surface area contributed by atoms with Gasteiger partial charge < -0.3 is 9.80 Å². The molecule has 22 heavy (non-hydrogen) atoms. The van der Waals surface area contributed by atoms with Gasteiger partial charge >= 0.3 is 0 Å². The monoisotopic (exact) mass is 318 g/mol. The number of likely N-dealkylation sites (N-methyl/N-ethyl adjacent to an activating group) is 1. The lowest BCUT2D eigenvalue weighted by molar-refractivity contribution is -0.132. The molecule has 0 spiro atoms. The van der Waals surface area contributed by atoms with Gasteiger partial charge in [-0.2, -0.15) is 0 Å². The maximum Gasteiger partial charge on any atom is 0.228 e. The highest BCUT2D eigenvalue weighted by atomic mass is 32.1. The molecule has 0 bridgehead atoms. The predicted molar refractivity (Wildman–Crippen MR) is 87.2 cm³/mol. The second-order valence-electron chi connectivity index (χ2n) is 6.49. The maximum atomic E-state index is 12.7. The van der Waals surface area contributed by atoms with Crippen LogP contribution >= 0.6 is 11.3 Å². The molecule has 118 valence electrons. The predicted octanol–water partition coefficient (Wildman–Crippen LogP) is 2.02. The lowest BCUT2D eigenvalue weighted by Crippen LogP contribution is -2.47. The molecule has 2 atom stereocenters. The van der Waals surface area contributed by atoms with Crippen molar-refractivity contribution in [3.8, 4) is 0 Å². The molecule has 0 aliphatic carbocycles. The summed E-state index contributed by atoms with van der Waals surface area (Å²) >= 11 is 1.61. The molecule has 0 aromatic carbocycles. The van der Waals surface area contributed by atoms with Crippen LogP contribution in [0.4, 0.5) is 0 Å². The van der Waals surface area contributed by atoms with E-state index in [-0.39, 0.29) is 5.91 Å². The molecule has 2 saturated heterocycles. The molecule has 2 fully saturated rings. The molecule has 6 heteroatoms. The third kappa shape index (κ3) is 2.44. The highest BCUT2D eigenvalue weighted by Crippen LogP contribution is 2.29. The number of rotatable bonds is 3. The van der Waals surface area contributed by atoms with Crippen molar-refractivity contribution in [1.29, 1.82) is 0 Å². The van der Waals surface area contributed by atoms with E-state index in [0.717, 1.165) is 30.0 Å². The topological polar surface area (TPSA) is 40.9 Å². The Bertz CT molecular complexity index is 650. The fraction of sp³-hybridized carbons (Fsp3) is 0.625. The van der Waals surface area contributed by atoms with Crippen LogP contribution in [0.2, 0.25) is 0 Å². The summed E-state index contributed by atoms with van der Waals surface area (Å²) in [7, 11) is 2.20. The van der Waals surface area contributed by atoms with Crippen molar-refractivity contribution in [3.05, 3.63) is 23.5 Å². The van der Waals surface area contributed by atoms with Gasteiger partial charge in [-0.05, 0) is 39.3 Å². The van der Waals surface area contributed by atoms with Gasteiger partial charge in [0.1, 0.15) is 0 Å². The number of amides is 1. The molecule has 2 aliphatic heterocycles. The van der Waals surface area contributed by atoms with Crippen LogP contribution in [0.5, 0.6) is 0 Å². The minimum Gasteiger partial charge on any atom is -0.338 e. The van der Waals surface area contributed by atoms with E-state index in [9.17, 15) is 4.79 Å². The van der Waals surface area contributed by atoms with Gasteiger partial charge in [-0.25, -0.2) is 4.98 Å². The number of carbonyl (C=O) groups is 1. The Kier molecular flexibility index (Phi) is 3.66. The van der Waals surface area contributed by atoms with E-state index in [1.165, 1.54) is 19.4 Å². The Morgan fingerprint density at radius 2 is 2.14 bits per heavy atom. The van der Waals surface area contributed by atoms with Crippen molar-refractivity contribution in [2.45, 2.75) is 44.2 Å². The molecule has 2 aliphatic rings. The summed E-state index contributed by atoms with van der Waals surface area (Å²) in [5.74, 6) is 0.244. The quantitative estimate of drug-likeness (QED) is 0.869. The number of likely N-dealkylation sites (tertiary alicyclic amines) is 2. The number of hydrogen-bond acceptors (Lipinski definition) is 4. The van der Waals surface area contributed by atoms with Crippen LogP contribution in [0.15, 0.2) is 17.8 Å². The van der Waals surface area contributed by atoms with Crippen molar-refractivity contribution >= 4 is 22.2 Å². The normalized spacial score (nSPS) is 26.3. The standard InChI is InChI=1S/C16H22N4OS/c1-18-6-2-4-13(18)14-5-3-7-20(14)15(21)10-12-11-19-8-9-22-16(19)17-12/h8-9,11,13-14H,2-7,10H2,1H3/t13-,14+/m1/s1. The van der Waals surface area contributed by atoms with Crippen molar-refractivity contribution in [1.82, 2.24) is 19.2 Å². The summed E-state index contributed by atoms with van der Waals surface area (Å²) in [6.07, 6.45) is 9.19. The van der Waals surface area contributed by atoms with Gasteiger partial charge in [0.15, 0.2) is 4.96 Å².